The molecule has 24 heteroatoms. The van der Waals surface area contributed by atoms with E-state index in [2.05, 4.69) is 29.9 Å². The Labute approximate surface area is 335 Å². The van der Waals surface area contributed by atoms with Crippen molar-refractivity contribution in [3.8, 4) is 41.0 Å². The zero-order valence-corrected chi connectivity index (χ0v) is 30.9. The van der Waals surface area contributed by atoms with E-state index in [9.17, 15) is 40.7 Å². The Hall–Kier alpha value is -7.30. The van der Waals surface area contributed by atoms with E-state index in [4.69, 9.17) is 47.9 Å². The second-order valence-electron chi connectivity index (χ2n) is 11.4. The molecule has 0 saturated heterocycles. The van der Waals surface area contributed by atoms with Gasteiger partial charge in [0.15, 0.2) is 11.4 Å². The average Bonchev–Trinajstić information content (AvgIpc) is 3.17. The molecule has 0 spiro atoms. The van der Waals surface area contributed by atoms with Crippen molar-refractivity contribution in [1.29, 1.82) is 10.5 Å². The molecule has 0 atom stereocenters. The third kappa shape index (κ3) is 10.6. The van der Waals surface area contributed by atoms with Gasteiger partial charge in [-0.2, -0.15) is 36.9 Å². The van der Waals surface area contributed by atoms with Crippen LogP contribution in [0.5, 0.6) is 28.9 Å². The standard InChI is InChI=1S/C18H11ClF3N5O3.C17H9ClF3N5O3/c1-29-16-13(24-2-3-25-16)8-27-9-26-15(18(20,21)22)14(17(27)28)30-12-5-10(7-23)4-11(19)6-12;18-10-3-9(6-22)4-11(5-10)29-13-14(17(19,20)21)25-8-26(16(13)28)7-12-15(27)24-2-1-23-12/h2-6,9H,8H2,1H3;1-5,8H,7H2,(H,24,27). The molecule has 2 aromatic carbocycles. The maximum absolute atomic E-state index is 13.4. The summed E-state index contributed by atoms with van der Waals surface area (Å²) in [6.07, 6.45) is -3.37. The fourth-order valence-electron chi connectivity index (χ4n) is 4.81. The van der Waals surface area contributed by atoms with E-state index in [-0.39, 0.29) is 56.5 Å². The first-order chi connectivity index (χ1) is 27.9. The van der Waals surface area contributed by atoms with Gasteiger partial charge in [-0.25, -0.2) is 15.0 Å². The summed E-state index contributed by atoms with van der Waals surface area (Å²) in [6.45, 7) is -0.703. The number of rotatable bonds is 9. The van der Waals surface area contributed by atoms with Crippen molar-refractivity contribution in [3.05, 3.63) is 149 Å². The van der Waals surface area contributed by atoms with Gasteiger partial charge in [0, 0.05) is 34.8 Å². The van der Waals surface area contributed by atoms with Crippen molar-refractivity contribution in [3.63, 3.8) is 0 Å². The minimum atomic E-state index is -4.99. The summed E-state index contributed by atoms with van der Waals surface area (Å²) < 4.78 is 97.3. The van der Waals surface area contributed by atoms with E-state index in [1.807, 2.05) is 0 Å². The van der Waals surface area contributed by atoms with Crippen LogP contribution in [-0.4, -0.2) is 46.1 Å². The number of H-pyrrole nitrogens is 1. The van der Waals surface area contributed by atoms with E-state index in [1.54, 1.807) is 12.1 Å². The summed E-state index contributed by atoms with van der Waals surface area (Å²) in [5.74, 6) is -2.58. The number of nitrogens with one attached hydrogen (secondary N) is 1. The molecule has 4 aromatic heterocycles. The monoisotopic (exact) mass is 860 g/mol. The van der Waals surface area contributed by atoms with Gasteiger partial charge in [-0.3, -0.25) is 33.5 Å². The number of benzene rings is 2. The zero-order chi connectivity index (χ0) is 43.1. The van der Waals surface area contributed by atoms with Gasteiger partial charge in [0.1, 0.15) is 22.9 Å². The van der Waals surface area contributed by atoms with Gasteiger partial charge in [0.25, 0.3) is 16.7 Å². The number of nitrogens with zero attached hydrogens (tertiary/aromatic N) is 9. The largest absolute Gasteiger partial charge is 0.480 e. The highest BCUT2D eigenvalue weighted by Gasteiger charge is 2.40. The van der Waals surface area contributed by atoms with Crippen molar-refractivity contribution in [1.82, 2.24) is 39.0 Å². The number of alkyl halides is 6. The molecule has 0 radical (unpaired) electrons. The van der Waals surface area contributed by atoms with Gasteiger partial charge in [0.2, 0.25) is 17.4 Å². The molecule has 6 aromatic rings. The van der Waals surface area contributed by atoms with Crippen LogP contribution in [0.1, 0.15) is 33.9 Å². The Morgan fingerprint density at radius 2 is 1.14 bits per heavy atom. The Morgan fingerprint density at radius 3 is 1.58 bits per heavy atom. The second kappa shape index (κ2) is 17.9. The zero-order valence-electron chi connectivity index (χ0n) is 29.3. The number of hydrogen-bond donors (Lipinski definition) is 1. The maximum atomic E-state index is 13.4. The molecule has 0 unspecified atom stereocenters. The first kappa shape index (κ1) is 42.8. The molecule has 0 fully saturated rings. The highest BCUT2D eigenvalue weighted by atomic mass is 35.5. The summed E-state index contributed by atoms with van der Waals surface area (Å²) in [5, 5.41) is 18.0. The van der Waals surface area contributed by atoms with E-state index < -0.39 is 58.5 Å². The van der Waals surface area contributed by atoms with Gasteiger partial charge in [0.05, 0.1) is 56.1 Å². The number of nitriles is 2. The number of halogens is 8. The van der Waals surface area contributed by atoms with Gasteiger partial charge < -0.3 is 19.2 Å². The minimum absolute atomic E-state index is 0.0188. The van der Waals surface area contributed by atoms with Gasteiger partial charge in [-0.15, -0.1) is 0 Å². The first-order valence-electron chi connectivity index (χ1n) is 15.9. The molecular weight excluding hydrogens is 841 g/mol. The number of hydrogen-bond acceptors (Lipinski definition) is 13. The van der Waals surface area contributed by atoms with Crippen LogP contribution in [-0.2, 0) is 25.4 Å². The predicted molar refractivity (Wildman–Crippen MR) is 191 cm³/mol. The van der Waals surface area contributed by atoms with E-state index in [0.717, 1.165) is 33.7 Å². The van der Waals surface area contributed by atoms with Crippen LogP contribution in [0.4, 0.5) is 26.3 Å². The SMILES string of the molecule is COc1nccnc1Cn1cnc(C(F)(F)F)c(Oc2cc(Cl)cc(C#N)c2)c1=O.N#Cc1cc(Cl)cc(Oc2c(C(F)(F)F)ncn(Cc3ncc[nH]c3=O)c2=O)c1. The normalized spacial score (nSPS) is 11.1. The lowest BCUT2D eigenvalue weighted by Gasteiger charge is -2.15. The van der Waals surface area contributed by atoms with E-state index in [1.165, 1.54) is 50.1 Å². The quantitative estimate of drug-likeness (QED) is 0.162. The molecule has 302 valence electrons. The lowest BCUT2D eigenvalue weighted by atomic mass is 10.2. The summed E-state index contributed by atoms with van der Waals surface area (Å²) >= 11 is 11.7. The molecule has 0 aliphatic rings. The summed E-state index contributed by atoms with van der Waals surface area (Å²) in [7, 11) is 1.34. The van der Waals surface area contributed by atoms with E-state index >= 15 is 0 Å². The fourth-order valence-corrected chi connectivity index (χ4v) is 5.26. The van der Waals surface area contributed by atoms with Crippen molar-refractivity contribution < 1.29 is 40.6 Å². The lowest BCUT2D eigenvalue weighted by molar-refractivity contribution is -0.143. The average molecular weight is 862 g/mol. The highest BCUT2D eigenvalue weighted by molar-refractivity contribution is 6.31. The maximum Gasteiger partial charge on any atom is 0.437 e. The summed E-state index contributed by atoms with van der Waals surface area (Å²) in [4.78, 5) is 57.9. The van der Waals surface area contributed by atoms with Crippen LogP contribution in [0.15, 0.2) is 88.2 Å². The summed E-state index contributed by atoms with van der Waals surface area (Å²) in [6, 6.07) is 10.7. The third-order valence-corrected chi connectivity index (χ3v) is 7.76. The van der Waals surface area contributed by atoms with Crippen LogP contribution in [0.2, 0.25) is 10.0 Å². The first-order valence-corrected chi connectivity index (χ1v) is 16.6. The Kier molecular flexibility index (Phi) is 13.0. The van der Waals surface area contributed by atoms with E-state index in [0.29, 0.717) is 6.33 Å². The minimum Gasteiger partial charge on any atom is -0.480 e. The van der Waals surface area contributed by atoms with Crippen molar-refractivity contribution in [2.24, 2.45) is 0 Å². The topological polar surface area (TPSA) is 217 Å². The molecule has 0 aliphatic carbocycles. The van der Waals surface area contributed by atoms with Crippen molar-refractivity contribution >= 4 is 23.2 Å². The van der Waals surface area contributed by atoms with Crippen LogP contribution in [0.25, 0.3) is 0 Å². The van der Waals surface area contributed by atoms with Crippen molar-refractivity contribution in [2.45, 2.75) is 25.4 Å². The number of aromatic amines is 1. The van der Waals surface area contributed by atoms with Gasteiger partial charge in [-0.05, 0) is 36.4 Å². The molecule has 0 saturated carbocycles. The molecule has 0 amide bonds. The Balaban J connectivity index is 0.000000224. The second-order valence-corrected chi connectivity index (χ2v) is 12.2. The summed E-state index contributed by atoms with van der Waals surface area (Å²) in [5.41, 5.74) is -5.87. The van der Waals surface area contributed by atoms with Crippen LogP contribution in [0, 0.1) is 22.7 Å². The Morgan fingerprint density at radius 1 is 0.678 bits per heavy atom. The molecule has 16 nitrogen and oxygen atoms in total. The molecule has 0 bridgehead atoms. The predicted octanol–water partition coefficient (Wildman–Crippen LogP) is 6.14. The Bertz CT molecular complexity index is 2800. The molecule has 0 aliphatic heterocycles. The molecule has 1 N–H and O–H groups in total. The van der Waals surface area contributed by atoms with Gasteiger partial charge in [-0.1, -0.05) is 23.2 Å². The smallest absolute Gasteiger partial charge is 0.437 e. The van der Waals surface area contributed by atoms with Gasteiger partial charge >= 0.3 is 12.4 Å². The molecule has 4 heterocycles. The highest BCUT2D eigenvalue weighted by Crippen LogP contribution is 2.36. The number of ether oxygens (including phenoxy) is 3. The molecule has 6 rings (SSSR count). The molecular formula is C35H20Cl2F6N10O6. The number of methoxy groups -OCH3 is 1. The van der Waals surface area contributed by atoms with Crippen LogP contribution >= 0.6 is 23.2 Å². The van der Waals surface area contributed by atoms with Crippen LogP contribution in [0.3, 0.4) is 0 Å². The van der Waals surface area contributed by atoms with Crippen LogP contribution < -0.4 is 30.9 Å². The van der Waals surface area contributed by atoms with Crippen molar-refractivity contribution in [2.75, 3.05) is 7.11 Å². The number of aromatic nitrogens is 8. The lowest BCUT2D eigenvalue weighted by Crippen LogP contribution is -2.29. The molecule has 59 heavy (non-hydrogen) atoms. The third-order valence-electron chi connectivity index (χ3n) is 7.32. The fraction of sp³-hybridized carbons (Fsp3) is 0.143.